The average Bonchev–Trinajstić information content (AvgIpc) is 2.09. The average molecular weight is 258 g/mol. The van der Waals surface area contributed by atoms with E-state index in [-0.39, 0.29) is 12.1 Å². The van der Waals surface area contributed by atoms with Crippen LogP contribution in [-0.2, 0) is 4.74 Å². The summed E-state index contributed by atoms with van der Waals surface area (Å²) < 4.78 is 5.22. The Hall–Kier alpha value is -0.770. The number of carbonyl (C=O) groups is 1. The SMILES string of the molecule is CC(C)C[C@H](CNC(=O)OC(C)(C)C)NC(C)C. The summed E-state index contributed by atoms with van der Waals surface area (Å²) in [6, 6.07) is 0.701. The lowest BCUT2D eigenvalue weighted by molar-refractivity contribution is 0.0520. The van der Waals surface area contributed by atoms with Gasteiger partial charge >= 0.3 is 6.09 Å². The summed E-state index contributed by atoms with van der Waals surface area (Å²) in [5, 5.41) is 6.29. The number of rotatable bonds is 6. The zero-order chi connectivity index (χ0) is 14.3. The van der Waals surface area contributed by atoms with Crippen LogP contribution in [0, 0.1) is 5.92 Å². The molecule has 0 unspecified atom stereocenters. The van der Waals surface area contributed by atoms with Crippen LogP contribution in [0.5, 0.6) is 0 Å². The molecule has 18 heavy (non-hydrogen) atoms. The van der Waals surface area contributed by atoms with E-state index in [1.165, 1.54) is 0 Å². The Morgan fingerprint density at radius 2 is 1.72 bits per heavy atom. The molecule has 4 heteroatoms. The molecule has 0 rings (SSSR count). The molecule has 0 aromatic heterocycles. The summed E-state index contributed by atoms with van der Waals surface area (Å²) in [7, 11) is 0. The third kappa shape index (κ3) is 10.4. The Bertz CT molecular complexity index is 235. The Morgan fingerprint density at radius 3 is 2.11 bits per heavy atom. The van der Waals surface area contributed by atoms with Crippen molar-refractivity contribution in [1.29, 1.82) is 0 Å². The molecule has 0 aliphatic carbocycles. The molecule has 0 aliphatic rings. The second kappa shape index (κ2) is 7.62. The van der Waals surface area contributed by atoms with Crippen molar-refractivity contribution in [2.24, 2.45) is 5.92 Å². The van der Waals surface area contributed by atoms with Gasteiger partial charge in [-0.1, -0.05) is 27.7 Å². The minimum atomic E-state index is -0.441. The largest absolute Gasteiger partial charge is 0.444 e. The van der Waals surface area contributed by atoms with Crippen molar-refractivity contribution < 1.29 is 9.53 Å². The number of hydrogen-bond donors (Lipinski definition) is 2. The monoisotopic (exact) mass is 258 g/mol. The van der Waals surface area contributed by atoms with E-state index in [2.05, 4.69) is 38.3 Å². The number of amides is 1. The van der Waals surface area contributed by atoms with Crippen molar-refractivity contribution in [3.05, 3.63) is 0 Å². The van der Waals surface area contributed by atoms with Gasteiger partial charge in [-0.05, 0) is 33.1 Å². The highest BCUT2D eigenvalue weighted by molar-refractivity contribution is 5.67. The molecule has 0 spiro atoms. The lowest BCUT2D eigenvalue weighted by atomic mass is 10.0. The van der Waals surface area contributed by atoms with Crippen LogP contribution < -0.4 is 10.6 Å². The van der Waals surface area contributed by atoms with Crippen LogP contribution in [0.3, 0.4) is 0 Å². The second-order valence-electron chi connectivity index (χ2n) is 6.53. The molecule has 4 nitrogen and oxygen atoms in total. The van der Waals surface area contributed by atoms with E-state index in [4.69, 9.17) is 4.74 Å². The van der Waals surface area contributed by atoms with E-state index < -0.39 is 5.60 Å². The molecule has 0 heterocycles. The van der Waals surface area contributed by atoms with Crippen molar-refractivity contribution in [2.45, 2.75) is 72.6 Å². The third-order valence-corrected chi connectivity index (χ3v) is 2.22. The quantitative estimate of drug-likeness (QED) is 0.770. The van der Waals surface area contributed by atoms with Crippen molar-refractivity contribution in [1.82, 2.24) is 10.6 Å². The molecule has 0 aromatic rings. The van der Waals surface area contributed by atoms with Crippen LogP contribution in [0.4, 0.5) is 4.79 Å². The van der Waals surface area contributed by atoms with Gasteiger partial charge in [-0.3, -0.25) is 0 Å². The van der Waals surface area contributed by atoms with Gasteiger partial charge in [0.2, 0.25) is 0 Å². The summed E-state index contributed by atoms with van der Waals surface area (Å²) in [5.41, 5.74) is -0.441. The van der Waals surface area contributed by atoms with Gasteiger partial charge in [-0.15, -0.1) is 0 Å². The molecule has 0 saturated heterocycles. The highest BCUT2D eigenvalue weighted by atomic mass is 16.6. The Balaban J connectivity index is 4.13. The molecular weight excluding hydrogens is 228 g/mol. The van der Waals surface area contributed by atoms with Crippen LogP contribution in [0.25, 0.3) is 0 Å². The predicted octanol–water partition coefficient (Wildman–Crippen LogP) is 2.92. The number of hydrogen-bond acceptors (Lipinski definition) is 3. The van der Waals surface area contributed by atoms with E-state index in [0.29, 0.717) is 18.5 Å². The van der Waals surface area contributed by atoms with Crippen LogP contribution in [0.2, 0.25) is 0 Å². The lowest BCUT2D eigenvalue weighted by Gasteiger charge is -2.25. The zero-order valence-corrected chi connectivity index (χ0v) is 13.0. The van der Waals surface area contributed by atoms with Crippen LogP contribution in [-0.4, -0.2) is 30.3 Å². The Morgan fingerprint density at radius 1 is 1.17 bits per heavy atom. The van der Waals surface area contributed by atoms with Gasteiger partial charge in [0.15, 0.2) is 0 Å². The van der Waals surface area contributed by atoms with Gasteiger partial charge in [0.05, 0.1) is 0 Å². The molecule has 0 bridgehead atoms. The van der Waals surface area contributed by atoms with Crippen LogP contribution in [0.15, 0.2) is 0 Å². The van der Waals surface area contributed by atoms with Crippen molar-refractivity contribution in [2.75, 3.05) is 6.54 Å². The van der Waals surface area contributed by atoms with Gasteiger partial charge < -0.3 is 15.4 Å². The van der Waals surface area contributed by atoms with Crippen molar-refractivity contribution in [3.63, 3.8) is 0 Å². The first-order chi connectivity index (χ1) is 8.10. The minimum absolute atomic E-state index is 0.289. The minimum Gasteiger partial charge on any atom is -0.444 e. The van der Waals surface area contributed by atoms with E-state index >= 15 is 0 Å². The molecule has 0 saturated carbocycles. The molecule has 2 N–H and O–H groups in total. The van der Waals surface area contributed by atoms with E-state index in [9.17, 15) is 4.79 Å². The first kappa shape index (κ1) is 17.2. The molecule has 0 aliphatic heterocycles. The first-order valence-electron chi connectivity index (χ1n) is 6.83. The zero-order valence-electron chi connectivity index (χ0n) is 13.0. The maximum atomic E-state index is 11.6. The van der Waals surface area contributed by atoms with E-state index in [0.717, 1.165) is 6.42 Å². The Kier molecular flexibility index (Phi) is 7.29. The first-order valence-corrected chi connectivity index (χ1v) is 6.83. The number of carbonyl (C=O) groups excluding carboxylic acids is 1. The fraction of sp³-hybridized carbons (Fsp3) is 0.929. The van der Waals surface area contributed by atoms with Crippen molar-refractivity contribution >= 4 is 6.09 Å². The molecule has 1 amide bonds. The second-order valence-corrected chi connectivity index (χ2v) is 6.53. The highest BCUT2D eigenvalue weighted by Crippen LogP contribution is 2.08. The van der Waals surface area contributed by atoms with Crippen LogP contribution >= 0.6 is 0 Å². The summed E-state index contributed by atoms with van der Waals surface area (Å²) in [5.74, 6) is 0.599. The smallest absolute Gasteiger partial charge is 0.407 e. The fourth-order valence-electron chi connectivity index (χ4n) is 1.77. The number of alkyl carbamates (subject to hydrolysis) is 1. The number of ether oxygens (including phenoxy) is 1. The van der Waals surface area contributed by atoms with Gasteiger partial charge in [-0.2, -0.15) is 0 Å². The number of nitrogens with one attached hydrogen (secondary N) is 2. The van der Waals surface area contributed by atoms with Gasteiger partial charge in [0.25, 0.3) is 0 Å². The Labute approximate surface area is 112 Å². The summed E-state index contributed by atoms with van der Waals surface area (Å²) in [6.45, 7) is 14.8. The predicted molar refractivity (Wildman–Crippen MR) is 75.8 cm³/mol. The topological polar surface area (TPSA) is 50.4 Å². The van der Waals surface area contributed by atoms with E-state index in [1.807, 2.05) is 20.8 Å². The molecule has 0 aromatic carbocycles. The molecule has 0 radical (unpaired) electrons. The normalized spacial score (nSPS) is 13.8. The molecule has 1 atom stereocenters. The van der Waals surface area contributed by atoms with Gasteiger partial charge in [0, 0.05) is 18.6 Å². The van der Waals surface area contributed by atoms with Gasteiger partial charge in [-0.25, -0.2) is 4.79 Å². The van der Waals surface area contributed by atoms with Gasteiger partial charge in [0.1, 0.15) is 5.60 Å². The molecule has 0 fully saturated rings. The standard InChI is InChI=1S/C14H30N2O2/c1-10(2)8-12(16-11(3)4)9-15-13(17)18-14(5,6)7/h10-12,16H,8-9H2,1-7H3,(H,15,17)/t12-/m1/s1. The van der Waals surface area contributed by atoms with Crippen molar-refractivity contribution in [3.8, 4) is 0 Å². The molecule has 108 valence electrons. The lowest BCUT2D eigenvalue weighted by Crippen LogP contribution is -2.45. The maximum Gasteiger partial charge on any atom is 0.407 e. The third-order valence-electron chi connectivity index (χ3n) is 2.22. The highest BCUT2D eigenvalue weighted by Gasteiger charge is 2.18. The van der Waals surface area contributed by atoms with Crippen LogP contribution in [0.1, 0.15) is 54.9 Å². The molecular formula is C14H30N2O2. The summed E-state index contributed by atoms with van der Waals surface area (Å²) in [6.07, 6.45) is 0.690. The van der Waals surface area contributed by atoms with E-state index in [1.54, 1.807) is 0 Å². The summed E-state index contributed by atoms with van der Waals surface area (Å²) >= 11 is 0. The summed E-state index contributed by atoms with van der Waals surface area (Å²) in [4.78, 5) is 11.6. The maximum absolute atomic E-state index is 11.6. The fourth-order valence-corrected chi connectivity index (χ4v) is 1.77.